The highest BCUT2D eigenvalue weighted by Gasteiger charge is 2.23. The summed E-state index contributed by atoms with van der Waals surface area (Å²) in [7, 11) is 0. The molecule has 0 spiro atoms. The molecular weight excluding hydrogens is 260 g/mol. The fraction of sp³-hybridized carbons (Fsp3) is 0.278. The van der Waals surface area contributed by atoms with Crippen LogP contribution in [0.4, 0.5) is 5.69 Å². The number of nitrogens with two attached hydrogens (primary N) is 1. The number of carbonyl (C=O) groups is 1. The highest BCUT2D eigenvalue weighted by Crippen LogP contribution is 2.20. The van der Waals surface area contributed by atoms with E-state index in [1.807, 2.05) is 60.7 Å². The molecule has 3 nitrogen and oxygen atoms in total. The molecule has 2 aromatic rings. The van der Waals surface area contributed by atoms with Crippen molar-refractivity contribution in [3.8, 4) is 0 Å². The molecule has 0 aliphatic rings. The summed E-state index contributed by atoms with van der Waals surface area (Å²) in [6.45, 7) is 2.81. The number of hydrogen-bond acceptors (Lipinski definition) is 2. The minimum atomic E-state index is -0.622. The molecule has 0 saturated heterocycles. The maximum absolute atomic E-state index is 12.8. The fourth-order valence-corrected chi connectivity index (χ4v) is 2.26. The van der Waals surface area contributed by atoms with E-state index in [1.54, 1.807) is 4.90 Å². The first-order chi connectivity index (χ1) is 10.2. The summed E-state index contributed by atoms with van der Waals surface area (Å²) in [4.78, 5) is 14.5. The molecule has 0 heterocycles. The van der Waals surface area contributed by atoms with Crippen molar-refractivity contribution in [2.24, 2.45) is 5.73 Å². The third-order valence-electron chi connectivity index (χ3n) is 3.49. The second-order valence-corrected chi connectivity index (χ2v) is 5.07. The Balaban J connectivity index is 2.22. The predicted molar refractivity (Wildman–Crippen MR) is 87.1 cm³/mol. The lowest BCUT2D eigenvalue weighted by Gasteiger charge is -2.26. The van der Waals surface area contributed by atoms with Crippen LogP contribution >= 0.6 is 0 Å². The van der Waals surface area contributed by atoms with Gasteiger partial charge in [0, 0.05) is 12.2 Å². The van der Waals surface area contributed by atoms with Gasteiger partial charge in [-0.2, -0.15) is 0 Å². The number of carbonyl (C=O) groups excluding carboxylic acids is 1. The summed E-state index contributed by atoms with van der Waals surface area (Å²) in [5.74, 6) is -0.0548. The summed E-state index contributed by atoms with van der Waals surface area (Å²) in [6, 6.07) is 18.6. The number of para-hydroxylation sites is 1. The van der Waals surface area contributed by atoms with Crippen LogP contribution < -0.4 is 10.6 Å². The molecular formula is C18H22N2O. The molecule has 1 amide bonds. The average molecular weight is 282 g/mol. The largest absolute Gasteiger partial charge is 0.316 e. The van der Waals surface area contributed by atoms with Gasteiger partial charge >= 0.3 is 0 Å². The van der Waals surface area contributed by atoms with Crippen molar-refractivity contribution in [2.45, 2.75) is 25.8 Å². The van der Waals surface area contributed by atoms with Gasteiger partial charge in [-0.3, -0.25) is 4.79 Å². The minimum absolute atomic E-state index is 0.0548. The normalized spacial score (nSPS) is 11.9. The number of anilines is 1. The summed E-state index contributed by atoms with van der Waals surface area (Å²) < 4.78 is 0. The van der Waals surface area contributed by atoms with E-state index in [-0.39, 0.29) is 5.91 Å². The Hall–Kier alpha value is -2.13. The van der Waals surface area contributed by atoms with Crippen LogP contribution in [0.1, 0.15) is 31.4 Å². The lowest BCUT2D eigenvalue weighted by molar-refractivity contribution is -0.120. The first kappa shape index (κ1) is 15.3. The molecule has 3 heteroatoms. The lowest BCUT2D eigenvalue weighted by atomic mass is 10.1. The summed E-state index contributed by atoms with van der Waals surface area (Å²) in [6.07, 6.45) is 2.00. The maximum atomic E-state index is 12.8. The van der Waals surface area contributed by atoms with Crippen LogP contribution in [0.5, 0.6) is 0 Å². The molecule has 2 N–H and O–H groups in total. The number of benzene rings is 2. The Kier molecular flexibility index (Phi) is 5.52. The zero-order valence-electron chi connectivity index (χ0n) is 12.4. The van der Waals surface area contributed by atoms with Crippen LogP contribution in [0.25, 0.3) is 0 Å². The smallest absolute Gasteiger partial charge is 0.248 e. The number of rotatable bonds is 6. The zero-order valence-corrected chi connectivity index (χ0v) is 12.4. The van der Waals surface area contributed by atoms with E-state index in [0.29, 0.717) is 6.54 Å². The standard InChI is InChI=1S/C18H22N2O/c1-2-3-14-20(16-12-8-5-9-13-16)18(21)17(19)15-10-6-4-7-11-15/h4-13,17H,2-3,14,19H2,1H3/t17-/m1/s1. The number of amides is 1. The zero-order chi connectivity index (χ0) is 15.1. The van der Waals surface area contributed by atoms with Gasteiger partial charge in [0.05, 0.1) is 0 Å². The molecule has 0 aliphatic heterocycles. The van der Waals surface area contributed by atoms with Crippen LogP contribution in [0.15, 0.2) is 60.7 Å². The van der Waals surface area contributed by atoms with Crippen molar-refractivity contribution < 1.29 is 4.79 Å². The molecule has 0 fully saturated rings. The topological polar surface area (TPSA) is 46.3 Å². The van der Waals surface area contributed by atoms with E-state index in [0.717, 1.165) is 24.1 Å². The molecule has 1 atom stereocenters. The quantitative estimate of drug-likeness (QED) is 0.881. The second-order valence-electron chi connectivity index (χ2n) is 5.07. The predicted octanol–water partition coefficient (Wildman–Crippen LogP) is 3.52. The Labute approximate surface area is 126 Å². The maximum Gasteiger partial charge on any atom is 0.248 e. The van der Waals surface area contributed by atoms with Crippen molar-refractivity contribution in [2.75, 3.05) is 11.4 Å². The SMILES string of the molecule is CCCCN(C(=O)[C@H](N)c1ccccc1)c1ccccc1. The number of nitrogens with zero attached hydrogens (tertiary/aromatic N) is 1. The molecule has 2 rings (SSSR count). The van der Waals surface area contributed by atoms with Crippen LogP contribution in [0.3, 0.4) is 0 Å². The molecule has 0 aliphatic carbocycles. The monoisotopic (exact) mass is 282 g/mol. The first-order valence-electron chi connectivity index (χ1n) is 7.41. The molecule has 0 aromatic heterocycles. The van der Waals surface area contributed by atoms with E-state index >= 15 is 0 Å². The average Bonchev–Trinajstić information content (AvgIpc) is 2.56. The molecule has 110 valence electrons. The Morgan fingerprint density at radius 2 is 1.62 bits per heavy atom. The molecule has 2 aromatic carbocycles. The van der Waals surface area contributed by atoms with E-state index < -0.39 is 6.04 Å². The van der Waals surface area contributed by atoms with Crippen LogP contribution in [-0.4, -0.2) is 12.5 Å². The minimum Gasteiger partial charge on any atom is -0.316 e. The molecule has 21 heavy (non-hydrogen) atoms. The van der Waals surface area contributed by atoms with Crippen molar-refractivity contribution in [3.05, 3.63) is 66.2 Å². The Bertz CT molecular complexity index is 554. The Morgan fingerprint density at radius 3 is 2.19 bits per heavy atom. The fourth-order valence-electron chi connectivity index (χ4n) is 2.26. The van der Waals surface area contributed by atoms with Crippen LogP contribution in [0, 0.1) is 0 Å². The summed E-state index contributed by atoms with van der Waals surface area (Å²) >= 11 is 0. The van der Waals surface area contributed by atoms with Gasteiger partial charge < -0.3 is 10.6 Å². The van der Waals surface area contributed by atoms with Gasteiger partial charge in [-0.05, 0) is 24.1 Å². The van der Waals surface area contributed by atoms with E-state index in [4.69, 9.17) is 5.73 Å². The third-order valence-corrected chi connectivity index (χ3v) is 3.49. The van der Waals surface area contributed by atoms with Gasteiger partial charge in [-0.15, -0.1) is 0 Å². The van der Waals surface area contributed by atoms with Crippen LogP contribution in [-0.2, 0) is 4.79 Å². The van der Waals surface area contributed by atoms with Crippen molar-refractivity contribution in [1.29, 1.82) is 0 Å². The van der Waals surface area contributed by atoms with Crippen LogP contribution in [0.2, 0.25) is 0 Å². The van der Waals surface area contributed by atoms with E-state index in [1.165, 1.54) is 0 Å². The Morgan fingerprint density at radius 1 is 1.05 bits per heavy atom. The van der Waals surface area contributed by atoms with Gasteiger partial charge in [0.15, 0.2) is 0 Å². The third kappa shape index (κ3) is 3.92. The molecule has 0 bridgehead atoms. The molecule has 0 radical (unpaired) electrons. The van der Waals surface area contributed by atoms with Gasteiger partial charge in [0.1, 0.15) is 6.04 Å². The van der Waals surface area contributed by atoms with E-state index in [9.17, 15) is 4.79 Å². The van der Waals surface area contributed by atoms with Gasteiger partial charge in [0.25, 0.3) is 0 Å². The molecule has 0 saturated carbocycles. The highest BCUT2D eigenvalue weighted by molar-refractivity contribution is 5.97. The molecule has 0 unspecified atom stereocenters. The summed E-state index contributed by atoms with van der Waals surface area (Å²) in [5.41, 5.74) is 7.91. The van der Waals surface area contributed by atoms with Gasteiger partial charge in [0.2, 0.25) is 5.91 Å². The lowest BCUT2D eigenvalue weighted by Crippen LogP contribution is -2.39. The van der Waals surface area contributed by atoms with Crippen molar-refractivity contribution >= 4 is 11.6 Å². The van der Waals surface area contributed by atoms with E-state index in [2.05, 4.69) is 6.92 Å². The summed E-state index contributed by atoms with van der Waals surface area (Å²) in [5, 5.41) is 0. The van der Waals surface area contributed by atoms with Gasteiger partial charge in [-0.1, -0.05) is 61.9 Å². The number of unbranched alkanes of at least 4 members (excludes halogenated alkanes) is 1. The highest BCUT2D eigenvalue weighted by atomic mass is 16.2. The number of hydrogen-bond donors (Lipinski definition) is 1. The first-order valence-corrected chi connectivity index (χ1v) is 7.41. The second kappa shape index (κ2) is 7.60. The van der Waals surface area contributed by atoms with Crippen molar-refractivity contribution in [1.82, 2.24) is 0 Å². The van der Waals surface area contributed by atoms with Crippen molar-refractivity contribution in [3.63, 3.8) is 0 Å². The van der Waals surface area contributed by atoms with Gasteiger partial charge in [-0.25, -0.2) is 0 Å².